The average molecular weight is 413 g/mol. The van der Waals surface area contributed by atoms with Crippen molar-refractivity contribution in [2.75, 3.05) is 23.9 Å². The summed E-state index contributed by atoms with van der Waals surface area (Å²) < 4.78 is 0. The molecule has 1 saturated heterocycles. The van der Waals surface area contributed by atoms with Gasteiger partial charge in [-0.2, -0.15) is 0 Å². The Bertz CT molecular complexity index is 1170. The van der Waals surface area contributed by atoms with E-state index in [0.29, 0.717) is 11.3 Å². The Morgan fingerprint density at radius 3 is 2.29 bits per heavy atom. The van der Waals surface area contributed by atoms with E-state index in [1.54, 1.807) is 12.1 Å². The minimum atomic E-state index is -0.738. The van der Waals surface area contributed by atoms with Crippen LogP contribution < -0.4 is 9.80 Å². The molecule has 2 heterocycles. The Balaban J connectivity index is 1.92. The van der Waals surface area contributed by atoms with Crippen molar-refractivity contribution < 1.29 is 14.7 Å². The van der Waals surface area contributed by atoms with Crippen molar-refractivity contribution in [2.45, 2.75) is 13.0 Å². The van der Waals surface area contributed by atoms with E-state index >= 15 is 0 Å². The lowest BCUT2D eigenvalue weighted by Gasteiger charge is -2.26. The van der Waals surface area contributed by atoms with E-state index in [4.69, 9.17) is 0 Å². The maximum absolute atomic E-state index is 13.1. The molecule has 1 amide bonds. The van der Waals surface area contributed by atoms with E-state index in [9.17, 15) is 14.7 Å². The van der Waals surface area contributed by atoms with Crippen molar-refractivity contribution in [3.63, 3.8) is 0 Å². The van der Waals surface area contributed by atoms with Crippen molar-refractivity contribution in [1.82, 2.24) is 4.98 Å². The van der Waals surface area contributed by atoms with Crippen molar-refractivity contribution >= 4 is 28.8 Å². The number of benzene rings is 2. The molecule has 1 atom stereocenters. The fourth-order valence-electron chi connectivity index (χ4n) is 3.83. The molecule has 6 heteroatoms. The van der Waals surface area contributed by atoms with Gasteiger partial charge in [0.1, 0.15) is 5.76 Å². The molecule has 1 fully saturated rings. The Morgan fingerprint density at radius 2 is 1.68 bits per heavy atom. The van der Waals surface area contributed by atoms with Crippen LogP contribution in [-0.4, -0.2) is 35.9 Å². The first-order valence-electron chi connectivity index (χ1n) is 9.94. The van der Waals surface area contributed by atoms with Gasteiger partial charge in [0.2, 0.25) is 0 Å². The number of aromatic nitrogens is 1. The molecule has 1 aliphatic heterocycles. The zero-order valence-corrected chi connectivity index (χ0v) is 17.6. The van der Waals surface area contributed by atoms with Crippen LogP contribution in [-0.2, 0) is 9.59 Å². The predicted octanol–water partition coefficient (Wildman–Crippen LogP) is 4.08. The highest BCUT2D eigenvalue weighted by Gasteiger charge is 2.46. The lowest BCUT2D eigenvalue weighted by Crippen LogP contribution is -2.29. The number of ketones is 1. The number of hydrogen-bond donors (Lipinski definition) is 1. The third-order valence-corrected chi connectivity index (χ3v) is 5.40. The number of aliphatic hydroxyl groups is 1. The molecule has 0 aliphatic carbocycles. The lowest BCUT2D eigenvalue weighted by atomic mass is 9.94. The van der Waals surface area contributed by atoms with Crippen LogP contribution in [0.2, 0.25) is 0 Å². The Kier molecular flexibility index (Phi) is 5.29. The number of Topliss-reactive ketones (excluding diaryl/α,β-unsaturated/α-hetero) is 1. The largest absolute Gasteiger partial charge is 0.507 e. The summed E-state index contributed by atoms with van der Waals surface area (Å²) in [5, 5.41) is 11.0. The number of amides is 1. The zero-order valence-electron chi connectivity index (χ0n) is 17.6. The third kappa shape index (κ3) is 3.68. The van der Waals surface area contributed by atoms with Gasteiger partial charge in [-0.1, -0.05) is 29.8 Å². The highest BCUT2D eigenvalue weighted by atomic mass is 16.3. The normalized spacial score (nSPS) is 17.8. The molecule has 1 N–H and O–H groups in total. The predicted molar refractivity (Wildman–Crippen MR) is 121 cm³/mol. The number of nitrogens with zero attached hydrogens (tertiary/aromatic N) is 3. The molecule has 6 nitrogen and oxygen atoms in total. The number of pyridine rings is 1. The highest BCUT2D eigenvalue weighted by molar-refractivity contribution is 6.51. The van der Waals surface area contributed by atoms with Crippen molar-refractivity contribution in [1.29, 1.82) is 0 Å². The molecule has 2 aromatic carbocycles. The SMILES string of the molecule is Cc1cccc(C2/C(=C(/O)c3ccncc3)C(=O)C(=O)N2c2ccc(N(C)C)cc2)c1. The van der Waals surface area contributed by atoms with E-state index in [1.165, 1.54) is 17.3 Å². The highest BCUT2D eigenvalue weighted by Crippen LogP contribution is 2.42. The fourth-order valence-corrected chi connectivity index (χ4v) is 3.83. The molecule has 1 unspecified atom stereocenters. The summed E-state index contributed by atoms with van der Waals surface area (Å²) in [5.74, 6) is -1.59. The van der Waals surface area contributed by atoms with E-state index < -0.39 is 17.7 Å². The second-order valence-electron chi connectivity index (χ2n) is 7.73. The van der Waals surface area contributed by atoms with Gasteiger partial charge in [0.05, 0.1) is 11.6 Å². The molecule has 1 aromatic heterocycles. The second-order valence-corrected chi connectivity index (χ2v) is 7.73. The van der Waals surface area contributed by atoms with Gasteiger partial charge in [-0.15, -0.1) is 0 Å². The number of aryl methyl sites for hydroxylation is 1. The van der Waals surface area contributed by atoms with Crippen LogP contribution in [0.15, 0.2) is 78.6 Å². The molecule has 3 aromatic rings. The maximum atomic E-state index is 13.1. The number of aliphatic hydroxyl groups excluding tert-OH is 1. The van der Waals surface area contributed by atoms with Crippen LogP contribution in [0.3, 0.4) is 0 Å². The zero-order chi connectivity index (χ0) is 22.1. The molecule has 0 saturated carbocycles. The molecule has 1 aliphatic rings. The Hall–Kier alpha value is -3.93. The van der Waals surface area contributed by atoms with E-state index in [0.717, 1.165) is 16.8 Å². The summed E-state index contributed by atoms with van der Waals surface area (Å²) in [4.78, 5) is 33.6. The summed E-state index contributed by atoms with van der Waals surface area (Å²) in [6, 6.07) is 17.5. The molecule has 0 spiro atoms. The number of carbonyl (C=O) groups excluding carboxylic acids is 2. The van der Waals surface area contributed by atoms with Crippen molar-refractivity contribution in [3.8, 4) is 0 Å². The quantitative estimate of drug-likeness (QED) is 0.396. The van der Waals surface area contributed by atoms with Gasteiger partial charge in [0, 0.05) is 43.4 Å². The number of carbonyl (C=O) groups is 2. The number of rotatable bonds is 4. The number of hydrogen-bond acceptors (Lipinski definition) is 5. The fraction of sp³-hybridized carbons (Fsp3) is 0.160. The maximum Gasteiger partial charge on any atom is 0.300 e. The molecular formula is C25H23N3O3. The minimum absolute atomic E-state index is 0.0680. The van der Waals surface area contributed by atoms with E-state index in [2.05, 4.69) is 4.98 Å². The van der Waals surface area contributed by atoms with Gasteiger partial charge in [-0.3, -0.25) is 19.5 Å². The molecule has 156 valence electrons. The van der Waals surface area contributed by atoms with Gasteiger partial charge in [-0.05, 0) is 48.9 Å². The van der Waals surface area contributed by atoms with Crippen LogP contribution in [0.4, 0.5) is 11.4 Å². The van der Waals surface area contributed by atoms with Gasteiger partial charge in [0.15, 0.2) is 0 Å². The van der Waals surface area contributed by atoms with Crippen LogP contribution in [0.25, 0.3) is 5.76 Å². The topological polar surface area (TPSA) is 73.7 Å². The molecule has 0 bridgehead atoms. The van der Waals surface area contributed by atoms with Crippen LogP contribution >= 0.6 is 0 Å². The molecule has 4 rings (SSSR count). The first kappa shape index (κ1) is 20.3. The Morgan fingerprint density at radius 1 is 1.00 bits per heavy atom. The molecule has 31 heavy (non-hydrogen) atoms. The third-order valence-electron chi connectivity index (χ3n) is 5.40. The van der Waals surface area contributed by atoms with Crippen LogP contribution in [0.1, 0.15) is 22.7 Å². The van der Waals surface area contributed by atoms with Crippen molar-refractivity contribution in [2.24, 2.45) is 0 Å². The van der Waals surface area contributed by atoms with Gasteiger partial charge >= 0.3 is 0 Å². The summed E-state index contributed by atoms with van der Waals surface area (Å²) in [5.41, 5.74) is 3.82. The first-order valence-corrected chi connectivity index (χ1v) is 9.94. The standard InChI is InChI=1S/C25H23N3O3/c1-16-5-4-6-18(15-16)22-21(23(29)17-11-13-26-14-12-17)24(30)25(31)28(22)20-9-7-19(8-10-20)27(2)3/h4-15,22,29H,1-3H3/b23-21-. The monoisotopic (exact) mass is 413 g/mol. The van der Waals surface area contributed by atoms with Gasteiger partial charge < -0.3 is 10.0 Å². The summed E-state index contributed by atoms with van der Waals surface area (Å²) in [6.45, 7) is 1.95. The second kappa shape index (κ2) is 8.07. The van der Waals surface area contributed by atoms with E-state index in [-0.39, 0.29) is 11.3 Å². The lowest BCUT2D eigenvalue weighted by molar-refractivity contribution is -0.132. The molecule has 0 radical (unpaired) electrons. The molecular weight excluding hydrogens is 390 g/mol. The van der Waals surface area contributed by atoms with E-state index in [1.807, 2.05) is 74.4 Å². The average Bonchev–Trinajstić information content (AvgIpc) is 3.04. The summed E-state index contributed by atoms with van der Waals surface area (Å²) in [6.07, 6.45) is 3.07. The smallest absolute Gasteiger partial charge is 0.300 e. The Labute approximate surface area is 181 Å². The van der Waals surface area contributed by atoms with Crippen LogP contribution in [0.5, 0.6) is 0 Å². The summed E-state index contributed by atoms with van der Waals surface area (Å²) >= 11 is 0. The van der Waals surface area contributed by atoms with Crippen LogP contribution in [0, 0.1) is 6.92 Å². The minimum Gasteiger partial charge on any atom is -0.507 e. The van der Waals surface area contributed by atoms with Crippen molar-refractivity contribution in [3.05, 3.63) is 95.3 Å². The summed E-state index contributed by atoms with van der Waals surface area (Å²) in [7, 11) is 3.87. The first-order chi connectivity index (χ1) is 14.9. The van der Waals surface area contributed by atoms with Gasteiger partial charge in [-0.25, -0.2) is 0 Å². The van der Waals surface area contributed by atoms with Gasteiger partial charge in [0.25, 0.3) is 11.7 Å². The number of anilines is 2.